The van der Waals surface area contributed by atoms with Crippen LogP contribution in [0.3, 0.4) is 0 Å². The van der Waals surface area contributed by atoms with E-state index in [0.29, 0.717) is 0 Å². The molecule has 0 saturated carbocycles. The van der Waals surface area contributed by atoms with Crippen LogP contribution in [0.2, 0.25) is 0 Å². The number of carbonyl (C=O) groups excluding carboxylic acids is 8. The summed E-state index contributed by atoms with van der Waals surface area (Å²) in [4.78, 5) is 112. The fraction of sp³-hybridized carbons (Fsp3) is 0.623. The zero-order chi connectivity index (χ0) is 52.2. The lowest BCUT2D eigenvalue weighted by molar-refractivity contribution is -0.144. The molecule has 20 heteroatoms. The summed E-state index contributed by atoms with van der Waals surface area (Å²) in [7, 11) is 3.29. The minimum atomic E-state index is -1.01. The SMILES string of the molecule is CN[C@@H](C)C(=O)N[C@H](C(=O)N[C@@H](CCCC(=O)c1cc(N)cc(C(=O)C[C@H]2C[C@@H](C(=O)N[C@@H]3CCCc4ccccc43)N(C(=O)[C@@H](NC(=O)[C@H](C)NC)C(C)(C)C)C2)c1)C(=O)N[C@H](C)C(C)C)C(C)C.Cl.Cl.Cl. The van der Waals surface area contributed by atoms with Crippen LogP contribution in [0.25, 0.3) is 0 Å². The molecule has 4 rings (SSSR count). The van der Waals surface area contributed by atoms with Crippen LogP contribution in [0.5, 0.6) is 0 Å². The summed E-state index contributed by atoms with van der Waals surface area (Å²) >= 11 is 0. The molecule has 1 heterocycles. The molecular formula is C53H84Cl3N9O8. The maximum atomic E-state index is 14.6. The molecule has 9 N–H and O–H groups in total. The number of Topliss-reactive ketones (excluding diaryl/α,β-unsaturated/α-hetero) is 2. The van der Waals surface area contributed by atoms with E-state index in [1.807, 2.05) is 59.7 Å². The molecule has 17 nitrogen and oxygen atoms in total. The van der Waals surface area contributed by atoms with Gasteiger partial charge in [0.1, 0.15) is 24.2 Å². The van der Waals surface area contributed by atoms with Crippen LogP contribution in [-0.4, -0.2) is 115 Å². The van der Waals surface area contributed by atoms with Crippen molar-refractivity contribution < 1.29 is 38.4 Å². The fourth-order valence-electron chi connectivity index (χ4n) is 8.88. The van der Waals surface area contributed by atoms with Crippen LogP contribution in [0.4, 0.5) is 5.69 Å². The molecule has 9 atom stereocenters. The second-order valence-electron chi connectivity index (χ2n) is 21.2. The van der Waals surface area contributed by atoms with Gasteiger partial charge in [-0.05, 0) is 126 Å². The molecule has 2 aromatic rings. The van der Waals surface area contributed by atoms with E-state index in [2.05, 4.69) is 43.3 Å². The van der Waals surface area contributed by atoms with E-state index >= 15 is 0 Å². The van der Waals surface area contributed by atoms with Crippen LogP contribution in [-0.2, 0) is 35.2 Å². The average molecular weight is 1080 g/mol. The second-order valence-corrected chi connectivity index (χ2v) is 21.2. The van der Waals surface area contributed by atoms with E-state index in [0.717, 1.165) is 24.8 Å². The van der Waals surface area contributed by atoms with Crippen molar-refractivity contribution in [2.24, 2.45) is 23.2 Å². The predicted molar refractivity (Wildman–Crippen MR) is 293 cm³/mol. The number of benzene rings is 2. The van der Waals surface area contributed by atoms with E-state index < -0.39 is 65.3 Å². The number of rotatable bonds is 23. The Kier molecular flexibility index (Phi) is 27.1. The van der Waals surface area contributed by atoms with Crippen molar-refractivity contribution in [1.29, 1.82) is 0 Å². The highest BCUT2D eigenvalue weighted by atomic mass is 35.5. The average Bonchev–Trinajstić information content (AvgIpc) is 3.74. The molecule has 410 valence electrons. The molecule has 2 aliphatic rings. The van der Waals surface area contributed by atoms with E-state index in [4.69, 9.17) is 5.73 Å². The topological polar surface area (TPSA) is 250 Å². The molecule has 0 aromatic heterocycles. The number of nitrogens with zero attached hydrogens (tertiary/aromatic N) is 1. The maximum Gasteiger partial charge on any atom is 0.246 e. The van der Waals surface area contributed by atoms with Crippen molar-refractivity contribution in [3.8, 4) is 0 Å². The van der Waals surface area contributed by atoms with Crippen molar-refractivity contribution in [3.63, 3.8) is 0 Å². The number of nitrogens with one attached hydrogen (secondary N) is 7. The summed E-state index contributed by atoms with van der Waals surface area (Å²) in [5.74, 6) is -3.67. The molecule has 0 bridgehead atoms. The Hall–Kier alpha value is -4.81. The lowest BCUT2D eigenvalue weighted by Gasteiger charge is -2.36. The van der Waals surface area contributed by atoms with Crippen LogP contribution >= 0.6 is 37.2 Å². The number of hydrogen-bond donors (Lipinski definition) is 8. The summed E-state index contributed by atoms with van der Waals surface area (Å²) in [6, 6.07) is 7.12. The number of carbonyl (C=O) groups is 8. The molecule has 0 unspecified atom stereocenters. The number of nitrogens with two attached hydrogens (primary N) is 1. The summed E-state index contributed by atoms with van der Waals surface area (Å²) in [5, 5.41) is 20.5. The number of halogens is 3. The van der Waals surface area contributed by atoms with Crippen LogP contribution < -0.4 is 43.0 Å². The number of ketones is 2. The van der Waals surface area contributed by atoms with Gasteiger partial charge in [0, 0.05) is 42.2 Å². The van der Waals surface area contributed by atoms with Crippen molar-refractivity contribution in [1.82, 2.24) is 42.1 Å². The first-order valence-electron chi connectivity index (χ1n) is 25.1. The summed E-state index contributed by atoms with van der Waals surface area (Å²) < 4.78 is 0. The predicted octanol–water partition coefficient (Wildman–Crippen LogP) is 5.40. The first-order chi connectivity index (χ1) is 32.9. The van der Waals surface area contributed by atoms with Gasteiger partial charge < -0.3 is 47.9 Å². The van der Waals surface area contributed by atoms with Gasteiger partial charge in [-0.1, -0.05) is 72.7 Å². The number of amides is 6. The van der Waals surface area contributed by atoms with Gasteiger partial charge in [-0.3, -0.25) is 38.4 Å². The molecule has 2 aromatic carbocycles. The quantitative estimate of drug-likeness (QED) is 0.0517. The number of anilines is 1. The van der Waals surface area contributed by atoms with Crippen molar-refractivity contribution in [2.75, 3.05) is 26.4 Å². The second kappa shape index (κ2) is 29.9. The highest BCUT2D eigenvalue weighted by Gasteiger charge is 2.46. The van der Waals surface area contributed by atoms with Gasteiger partial charge in [-0.25, -0.2) is 0 Å². The van der Waals surface area contributed by atoms with Gasteiger partial charge in [0.25, 0.3) is 0 Å². The number of likely N-dealkylation sites (N-methyl/N-ethyl adjacent to an activating group) is 2. The molecular weight excluding hydrogens is 997 g/mol. The van der Waals surface area contributed by atoms with Crippen molar-refractivity contribution in [2.45, 2.75) is 169 Å². The highest BCUT2D eigenvalue weighted by molar-refractivity contribution is 6.03. The van der Waals surface area contributed by atoms with Crippen molar-refractivity contribution in [3.05, 3.63) is 64.7 Å². The third kappa shape index (κ3) is 18.5. The van der Waals surface area contributed by atoms with E-state index in [1.165, 1.54) is 28.7 Å². The molecule has 1 fully saturated rings. The highest BCUT2D eigenvalue weighted by Crippen LogP contribution is 2.34. The molecule has 1 saturated heterocycles. The van der Waals surface area contributed by atoms with Gasteiger partial charge in [0.15, 0.2) is 11.6 Å². The monoisotopic (exact) mass is 1080 g/mol. The summed E-state index contributed by atoms with van der Waals surface area (Å²) in [5.41, 5.74) is 8.40. The first kappa shape index (κ1) is 66.2. The van der Waals surface area contributed by atoms with Gasteiger partial charge in [-0.2, -0.15) is 0 Å². The lowest BCUT2D eigenvalue weighted by atomic mass is 9.85. The largest absolute Gasteiger partial charge is 0.399 e. The van der Waals surface area contributed by atoms with Crippen LogP contribution in [0, 0.1) is 23.2 Å². The van der Waals surface area contributed by atoms with Gasteiger partial charge in [0.2, 0.25) is 35.4 Å². The van der Waals surface area contributed by atoms with E-state index in [1.54, 1.807) is 41.8 Å². The Balaban J connectivity index is 0.00000888. The van der Waals surface area contributed by atoms with E-state index in [-0.39, 0.29) is 146 Å². The number of fused-ring (bicyclic) bond motifs is 1. The fourth-order valence-corrected chi connectivity index (χ4v) is 8.88. The normalized spacial score (nSPS) is 18.7. The Morgan fingerprint density at radius 1 is 0.726 bits per heavy atom. The first-order valence-corrected chi connectivity index (χ1v) is 25.1. The third-order valence-electron chi connectivity index (χ3n) is 13.9. The van der Waals surface area contributed by atoms with Gasteiger partial charge in [0.05, 0.1) is 18.1 Å². The number of likely N-dealkylation sites (tertiary alicyclic amines) is 1. The van der Waals surface area contributed by atoms with Gasteiger partial charge in [-0.15, -0.1) is 37.2 Å². The minimum Gasteiger partial charge on any atom is -0.399 e. The lowest BCUT2D eigenvalue weighted by Crippen LogP contribution is -2.59. The molecule has 1 aliphatic carbocycles. The smallest absolute Gasteiger partial charge is 0.246 e. The van der Waals surface area contributed by atoms with Crippen LogP contribution in [0.15, 0.2) is 42.5 Å². The minimum absolute atomic E-state index is 0. The molecule has 6 amide bonds. The Bertz CT molecular complexity index is 2220. The molecule has 73 heavy (non-hydrogen) atoms. The maximum absolute atomic E-state index is 14.6. The van der Waals surface area contributed by atoms with Crippen molar-refractivity contribution >= 4 is 89.9 Å². The molecule has 0 spiro atoms. The Labute approximate surface area is 451 Å². The standard InChI is InChI=1S/C53H81N9O8.3ClH/c1-29(2)31(5)57-49(67)41(59-51(69)45(30(3)4)60-47(65)32(6)55-11)21-16-22-43(63)36-25-37(27-38(54)26-36)44(64)24-34-23-42(50(68)58-40-20-15-18-35-17-13-14-19-39(35)40)62(28-34)52(70)46(53(8,9)10)61-48(66)33(7)56-12;;;/h13-14,17,19,25-27,29-34,40-42,45-46,55-56H,15-16,18,20-24,28,54H2,1-12H3,(H,57,67)(H,58,68)(H,59,69)(H,60,65)(H,61,66);3*1H/t31-,32+,33+,34-,40-,41+,42+,45+,46-;;;/m1.../s1. The van der Waals surface area contributed by atoms with E-state index in [9.17, 15) is 38.4 Å². The Morgan fingerprint density at radius 2 is 1.32 bits per heavy atom. The van der Waals surface area contributed by atoms with Crippen LogP contribution in [0.1, 0.15) is 152 Å². The number of hydrogen-bond acceptors (Lipinski definition) is 11. The summed E-state index contributed by atoms with van der Waals surface area (Å²) in [6.45, 7) is 18.4. The molecule has 0 radical (unpaired) electrons. The summed E-state index contributed by atoms with van der Waals surface area (Å²) in [6.07, 6.45) is 2.98. The Morgan fingerprint density at radius 3 is 1.89 bits per heavy atom. The molecule has 1 aliphatic heterocycles. The zero-order valence-electron chi connectivity index (χ0n) is 44.8. The third-order valence-corrected chi connectivity index (χ3v) is 13.9. The zero-order valence-corrected chi connectivity index (χ0v) is 47.2. The number of aryl methyl sites for hydroxylation is 1. The van der Waals surface area contributed by atoms with Gasteiger partial charge >= 0.3 is 0 Å². The number of nitrogen functional groups attached to an aromatic ring is 1.